The molecule has 0 bridgehead atoms. The predicted octanol–water partition coefficient (Wildman–Crippen LogP) is 4.56. The van der Waals surface area contributed by atoms with Crippen LogP contribution in [0.25, 0.3) is 0 Å². The molecule has 0 aromatic heterocycles. The lowest BCUT2D eigenvalue weighted by Gasteiger charge is -2.58. The van der Waals surface area contributed by atoms with Gasteiger partial charge in [-0.3, -0.25) is 24.5 Å². The summed E-state index contributed by atoms with van der Waals surface area (Å²) in [6.45, 7) is 7.41. The zero-order valence-electron chi connectivity index (χ0n) is 22.5. The molecule has 0 amide bonds. The third-order valence-electron chi connectivity index (χ3n) is 9.85. The number of hydrogen-bond donors (Lipinski definition) is 0. The van der Waals surface area contributed by atoms with E-state index in [0.29, 0.717) is 23.8 Å². The van der Waals surface area contributed by atoms with Crippen molar-refractivity contribution in [1.82, 2.24) is 0 Å². The third kappa shape index (κ3) is 4.70. The minimum atomic E-state index is -1.81. The van der Waals surface area contributed by atoms with E-state index in [2.05, 4.69) is 19.9 Å². The van der Waals surface area contributed by atoms with Gasteiger partial charge in [0.15, 0.2) is 13.2 Å². The molecule has 0 aromatic carbocycles. The van der Waals surface area contributed by atoms with Gasteiger partial charge in [-0.15, -0.1) is 0 Å². The van der Waals surface area contributed by atoms with Gasteiger partial charge in [0.2, 0.25) is 0 Å². The van der Waals surface area contributed by atoms with Gasteiger partial charge >= 0.3 is 23.4 Å². The highest BCUT2D eigenvalue weighted by Crippen LogP contribution is 2.66. The van der Waals surface area contributed by atoms with Gasteiger partial charge < -0.3 is 14.2 Å². The first-order chi connectivity index (χ1) is 17.3. The van der Waals surface area contributed by atoms with Crippen LogP contribution in [0, 0.1) is 38.7 Å². The number of ether oxygens (including phenoxy) is 3. The fraction of sp³-hybridized carbons (Fsp3) is 0.750. The molecule has 2 fully saturated rings. The van der Waals surface area contributed by atoms with Crippen molar-refractivity contribution in [3.05, 3.63) is 33.4 Å². The number of esters is 3. The van der Waals surface area contributed by atoms with Crippen LogP contribution in [0.3, 0.4) is 0 Å². The van der Waals surface area contributed by atoms with Gasteiger partial charge in [-0.2, -0.15) is 0 Å². The van der Waals surface area contributed by atoms with E-state index in [4.69, 9.17) is 14.2 Å². The predicted molar refractivity (Wildman–Crippen MR) is 134 cm³/mol. The molecule has 0 heterocycles. The fourth-order valence-corrected chi connectivity index (χ4v) is 8.09. The molecule has 9 heteroatoms. The van der Waals surface area contributed by atoms with E-state index in [-0.39, 0.29) is 23.4 Å². The molecule has 4 aliphatic carbocycles. The Morgan fingerprint density at radius 3 is 2.14 bits per heavy atom. The first-order valence-corrected chi connectivity index (χ1v) is 13.3. The van der Waals surface area contributed by atoms with Crippen molar-refractivity contribution in [1.29, 1.82) is 0 Å². The van der Waals surface area contributed by atoms with Gasteiger partial charge in [-0.05, 0) is 67.1 Å². The molecule has 9 nitrogen and oxygen atoms in total. The molecule has 6 atom stereocenters. The van der Waals surface area contributed by atoms with E-state index < -0.39 is 41.0 Å². The maximum absolute atomic E-state index is 12.6. The Morgan fingerprint density at radius 1 is 0.946 bits per heavy atom. The van der Waals surface area contributed by atoms with Crippen LogP contribution < -0.4 is 0 Å². The second-order valence-electron chi connectivity index (χ2n) is 11.9. The van der Waals surface area contributed by atoms with Crippen molar-refractivity contribution in [3.8, 4) is 0 Å². The molecule has 0 aliphatic heterocycles. The lowest BCUT2D eigenvalue weighted by Crippen LogP contribution is -2.56. The van der Waals surface area contributed by atoms with E-state index in [0.717, 1.165) is 38.5 Å². The number of rotatable bonds is 7. The monoisotopic (exact) mass is 517 g/mol. The molecular formula is C28H39NO8. The molecule has 204 valence electrons. The summed E-state index contributed by atoms with van der Waals surface area (Å²) in [5.41, 5.74) is -0.250. The smallest absolute Gasteiger partial charge is 0.310 e. The Labute approximate surface area is 218 Å². The summed E-state index contributed by atoms with van der Waals surface area (Å²) in [7, 11) is 0. The standard InChI is InChI=1S/C28H39NO8/c1-17(30)35-15-28(29(33)34,16-36-18(2)31)25-9-8-23-22-7-6-20-14-21(37-19(3)32)10-12-26(20,4)24(22)11-13-27(23,25)5/h6,9,21-24H,7-8,10-16H2,1-5H3/t21-,22-,23-,24-,26-,27-/m0/s1. The van der Waals surface area contributed by atoms with Crippen LogP contribution in [-0.2, 0) is 28.6 Å². The Hall–Kier alpha value is -2.71. The van der Waals surface area contributed by atoms with Gasteiger partial charge in [0.1, 0.15) is 6.10 Å². The molecule has 0 radical (unpaired) electrons. The maximum Gasteiger partial charge on any atom is 0.310 e. The topological polar surface area (TPSA) is 122 Å². The SMILES string of the molecule is CC(=O)OCC(COC(C)=O)(C1=CC[C@H]2[C@@H]3CC=C4C[C@@H](OC(C)=O)CC[C@]4(C)[C@H]3CC[C@]12C)[N+](=O)[O-]. The molecule has 37 heavy (non-hydrogen) atoms. The summed E-state index contributed by atoms with van der Waals surface area (Å²) >= 11 is 0. The molecule has 4 rings (SSSR count). The lowest BCUT2D eigenvalue weighted by molar-refractivity contribution is -0.566. The Kier molecular flexibility index (Phi) is 7.29. The largest absolute Gasteiger partial charge is 0.462 e. The second-order valence-corrected chi connectivity index (χ2v) is 11.9. The van der Waals surface area contributed by atoms with Crippen molar-refractivity contribution in [3.63, 3.8) is 0 Å². The van der Waals surface area contributed by atoms with Crippen LogP contribution in [0.1, 0.15) is 79.6 Å². The van der Waals surface area contributed by atoms with E-state index in [9.17, 15) is 24.5 Å². The highest BCUT2D eigenvalue weighted by Gasteiger charge is 2.64. The molecular weight excluding hydrogens is 478 g/mol. The summed E-state index contributed by atoms with van der Waals surface area (Å²) in [5, 5.41) is 12.6. The molecule has 4 aliphatic rings. The Bertz CT molecular complexity index is 1030. The van der Waals surface area contributed by atoms with E-state index in [1.165, 1.54) is 26.3 Å². The quantitative estimate of drug-likeness (QED) is 0.158. The Balaban J connectivity index is 1.63. The number of fused-ring (bicyclic) bond motifs is 5. The molecule has 2 saturated carbocycles. The zero-order valence-corrected chi connectivity index (χ0v) is 22.5. The first-order valence-electron chi connectivity index (χ1n) is 13.3. The summed E-state index contributed by atoms with van der Waals surface area (Å²) in [4.78, 5) is 47.0. The van der Waals surface area contributed by atoms with Gasteiger partial charge in [0, 0.05) is 37.7 Å². The van der Waals surface area contributed by atoms with Crippen LogP contribution in [-0.4, -0.2) is 47.7 Å². The summed E-state index contributed by atoms with van der Waals surface area (Å²) in [5.74, 6) is -0.448. The second kappa shape index (κ2) is 9.87. The van der Waals surface area contributed by atoms with Crippen LogP contribution >= 0.6 is 0 Å². The molecule has 0 spiro atoms. The van der Waals surface area contributed by atoms with Crippen molar-refractivity contribution >= 4 is 17.9 Å². The number of nitrogens with zero attached hydrogens (tertiary/aromatic N) is 1. The van der Waals surface area contributed by atoms with Gasteiger partial charge in [-0.1, -0.05) is 31.6 Å². The highest BCUT2D eigenvalue weighted by molar-refractivity contribution is 5.67. The minimum Gasteiger partial charge on any atom is -0.462 e. The lowest BCUT2D eigenvalue weighted by atomic mass is 9.47. The van der Waals surface area contributed by atoms with Crippen LogP contribution in [0.2, 0.25) is 0 Å². The summed E-state index contributed by atoms with van der Waals surface area (Å²) < 4.78 is 16.0. The molecule has 0 aromatic rings. The fourth-order valence-electron chi connectivity index (χ4n) is 8.09. The third-order valence-corrected chi connectivity index (χ3v) is 9.85. The number of hydrogen-bond acceptors (Lipinski definition) is 8. The normalized spacial score (nSPS) is 34.6. The van der Waals surface area contributed by atoms with Crippen molar-refractivity contribution < 1.29 is 33.5 Å². The number of nitro groups is 1. The number of carbonyl (C=O) groups excluding carboxylic acids is 3. The Morgan fingerprint density at radius 2 is 1.57 bits per heavy atom. The molecule has 0 saturated heterocycles. The average molecular weight is 518 g/mol. The first kappa shape index (κ1) is 27.3. The van der Waals surface area contributed by atoms with E-state index >= 15 is 0 Å². The molecule has 0 unspecified atom stereocenters. The van der Waals surface area contributed by atoms with Crippen molar-refractivity contribution in [2.75, 3.05) is 13.2 Å². The van der Waals surface area contributed by atoms with Crippen LogP contribution in [0.4, 0.5) is 0 Å². The zero-order chi connectivity index (χ0) is 27.2. The van der Waals surface area contributed by atoms with Crippen LogP contribution in [0.5, 0.6) is 0 Å². The van der Waals surface area contributed by atoms with Gasteiger partial charge in [-0.25, -0.2) is 0 Å². The summed E-state index contributed by atoms with van der Waals surface area (Å²) in [6, 6.07) is 0. The van der Waals surface area contributed by atoms with Gasteiger partial charge in [0.25, 0.3) is 0 Å². The van der Waals surface area contributed by atoms with E-state index in [1.54, 1.807) is 0 Å². The number of allylic oxidation sites excluding steroid dienone is 2. The van der Waals surface area contributed by atoms with E-state index in [1.807, 2.05) is 6.08 Å². The van der Waals surface area contributed by atoms with Crippen molar-refractivity contribution in [2.45, 2.75) is 91.2 Å². The summed E-state index contributed by atoms with van der Waals surface area (Å²) in [6.07, 6.45) is 10.1. The van der Waals surface area contributed by atoms with Gasteiger partial charge in [0.05, 0.1) is 0 Å². The minimum absolute atomic E-state index is 0.0271. The van der Waals surface area contributed by atoms with Crippen molar-refractivity contribution in [2.24, 2.45) is 28.6 Å². The average Bonchev–Trinajstić information content (AvgIpc) is 3.16. The van der Waals surface area contributed by atoms with Crippen LogP contribution in [0.15, 0.2) is 23.3 Å². The highest BCUT2D eigenvalue weighted by atomic mass is 16.6. The molecule has 0 N–H and O–H groups in total. The number of carbonyl (C=O) groups is 3. The maximum atomic E-state index is 12.6.